The molecular formula is C18H19N7. The van der Waals surface area contributed by atoms with Gasteiger partial charge in [0.25, 0.3) is 0 Å². The van der Waals surface area contributed by atoms with Gasteiger partial charge in [-0.15, -0.1) is 0 Å². The Bertz CT molecular complexity index is 950. The van der Waals surface area contributed by atoms with Crippen molar-refractivity contribution >= 4 is 22.5 Å². The van der Waals surface area contributed by atoms with Gasteiger partial charge in [0, 0.05) is 34.9 Å². The second-order valence-corrected chi connectivity index (χ2v) is 5.49. The molecule has 0 atom stereocenters. The summed E-state index contributed by atoms with van der Waals surface area (Å²) in [5.74, 6) is 0.594. The molecule has 0 radical (unpaired) electrons. The summed E-state index contributed by atoms with van der Waals surface area (Å²) in [6.45, 7) is 0. The first-order chi connectivity index (χ1) is 11.9. The zero-order valence-corrected chi connectivity index (χ0v) is 13.7. The number of pyridine rings is 1. The van der Waals surface area contributed by atoms with Crippen molar-refractivity contribution in [3.8, 4) is 0 Å². The topological polar surface area (TPSA) is 114 Å². The number of rotatable bonds is 5. The third-order valence-corrected chi connectivity index (χ3v) is 3.77. The van der Waals surface area contributed by atoms with Crippen LogP contribution >= 0.6 is 0 Å². The van der Waals surface area contributed by atoms with Gasteiger partial charge in [0.05, 0.1) is 11.7 Å². The maximum Gasteiger partial charge on any atom is 0.227 e. The predicted octanol–water partition coefficient (Wildman–Crippen LogP) is 3.44. The van der Waals surface area contributed by atoms with E-state index in [4.69, 9.17) is 0 Å². The van der Waals surface area contributed by atoms with Crippen LogP contribution in [0.15, 0.2) is 61.1 Å². The number of hydrogen-bond acceptors (Lipinski definition) is 6. The molecule has 7 nitrogen and oxygen atoms in total. The first-order valence-electron chi connectivity index (χ1n) is 7.79. The van der Waals surface area contributed by atoms with Crippen LogP contribution in [0.2, 0.25) is 0 Å². The lowest BCUT2D eigenvalue weighted by atomic mass is 10.2. The maximum absolute atomic E-state index is 4.58. The molecule has 25 heavy (non-hydrogen) atoms. The van der Waals surface area contributed by atoms with Crippen LogP contribution < -0.4 is 11.5 Å². The number of aromatic nitrogens is 5. The second kappa shape index (κ2) is 7.50. The Hall–Kier alpha value is -3.32. The van der Waals surface area contributed by atoms with Gasteiger partial charge in [-0.05, 0) is 49.2 Å². The van der Waals surface area contributed by atoms with E-state index in [2.05, 4.69) is 30.5 Å². The van der Waals surface area contributed by atoms with E-state index in [-0.39, 0.29) is 6.15 Å². The monoisotopic (exact) mass is 333 g/mol. The van der Waals surface area contributed by atoms with Gasteiger partial charge in [-0.25, -0.2) is 9.97 Å². The molecule has 0 bridgehead atoms. The van der Waals surface area contributed by atoms with Gasteiger partial charge in [0.2, 0.25) is 5.95 Å². The number of anilines is 2. The quantitative estimate of drug-likeness (QED) is 0.515. The van der Waals surface area contributed by atoms with Crippen molar-refractivity contribution < 1.29 is 0 Å². The molecule has 4 aromatic rings. The zero-order valence-electron chi connectivity index (χ0n) is 13.7. The molecule has 0 amide bonds. The highest BCUT2D eigenvalue weighted by Gasteiger charge is 2.03. The number of benzene rings is 1. The normalized spacial score (nSPS) is 10.4. The van der Waals surface area contributed by atoms with E-state index in [0.717, 1.165) is 40.8 Å². The molecule has 0 saturated carbocycles. The maximum atomic E-state index is 4.58. The Morgan fingerprint density at radius 3 is 2.72 bits per heavy atom. The largest absolute Gasteiger partial charge is 0.344 e. The van der Waals surface area contributed by atoms with Crippen molar-refractivity contribution in [1.82, 2.24) is 31.3 Å². The van der Waals surface area contributed by atoms with Crippen LogP contribution in [0.3, 0.4) is 0 Å². The summed E-state index contributed by atoms with van der Waals surface area (Å²) >= 11 is 0. The number of aromatic amines is 1. The third kappa shape index (κ3) is 3.96. The van der Waals surface area contributed by atoms with E-state index in [1.165, 1.54) is 0 Å². The Balaban J connectivity index is 0.00000182. The van der Waals surface area contributed by atoms with Crippen LogP contribution in [0.25, 0.3) is 10.9 Å². The van der Waals surface area contributed by atoms with E-state index in [1.54, 1.807) is 12.4 Å². The number of hydrogen-bond donors (Lipinski definition) is 3. The minimum Gasteiger partial charge on any atom is -0.344 e. The molecule has 5 N–H and O–H groups in total. The molecule has 0 spiro atoms. The van der Waals surface area contributed by atoms with E-state index in [9.17, 15) is 0 Å². The molecule has 3 heterocycles. The fraction of sp³-hybridized carbons (Fsp3) is 0.111. The van der Waals surface area contributed by atoms with E-state index in [1.807, 2.05) is 48.7 Å². The standard InChI is InChI=1S/C18H16N6.H3N/c1-2-9-19-14(3-1)4-5-15-8-10-20-18(22-15)23-16-6-7-17-13(11-16)12-21-24-17;/h1-3,6-12H,4-5H2,(H,21,24)(H,20,22,23);1H3. The van der Waals surface area contributed by atoms with Crippen LogP contribution in [-0.2, 0) is 12.8 Å². The van der Waals surface area contributed by atoms with Gasteiger partial charge in [0.1, 0.15) is 0 Å². The summed E-state index contributed by atoms with van der Waals surface area (Å²) in [4.78, 5) is 13.2. The van der Waals surface area contributed by atoms with Crippen LogP contribution in [0.4, 0.5) is 11.6 Å². The Kier molecular flexibility index (Phi) is 4.96. The van der Waals surface area contributed by atoms with Crippen LogP contribution in [0.1, 0.15) is 11.4 Å². The van der Waals surface area contributed by atoms with E-state index >= 15 is 0 Å². The van der Waals surface area contributed by atoms with Crippen molar-refractivity contribution in [2.45, 2.75) is 12.8 Å². The Labute approximate surface area is 145 Å². The van der Waals surface area contributed by atoms with Crippen molar-refractivity contribution in [1.29, 1.82) is 0 Å². The molecular weight excluding hydrogens is 314 g/mol. The predicted molar refractivity (Wildman–Crippen MR) is 98.1 cm³/mol. The molecule has 0 aliphatic carbocycles. The average molecular weight is 333 g/mol. The lowest BCUT2D eigenvalue weighted by molar-refractivity contribution is 0.873. The molecule has 0 aliphatic heterocycles. The minimum absolute atomic E-state index is 0. The molecule has 4 rings (SSSR count). The molecule has 3 aromatic heterocycles. The second-order valence-electron chi connectivity index (χ2n) is 5.49. The summed E-state index contributed by atoms with van der Waals surface area (Å²) < 4.78 is 0. The number of nitrogens with one attached hydrogen (secondary N) is 2. The van der Waals surface area contributed by atoms with Crippen LogP contribution in [0.5, 0.6) is 0 Å². The molecule has 7 heteroatoms. The van der Waals surface area contributed by atoms with E-state index in [0.29, 0.717) is 5.95 Å². The highest BCUT2D eigenvalue weighted by atomic mass is 15.1. The van der Waals surface area contributed by atoms with Gasteiger partial charge < -0.3 is 11.5 Å². The minimum atomic E-state index is 0. The van der Waals surface area contributed by atoms with Gasteiger partial charge in [-0.3, -0.25) is 10.1 Å². The first kappa shape index (κ1) is 16.5. The lowest BCUT2D eigenvalue weighted by Gasteiger charge is -2.06. The molecule has 0 aliphatic rings. The smallest absolute Gasteiger partial charge is 0.227 e. The SMILES string of the molecule is N.c1ccc(CCc2ccnc(Nc3ccc4[nH]ncc4c3)n2)nc1. The van der Waals surface area contributed by atoms with Gasteiger partial charge in [0.15, 0.2) is 0 Å². The van der Waals surface area contributed by atoms with Crippen LogP contribution in [-0.4, -0.2) is 25.1 Å². The van der Waals surface area contributed by atoms with Crippen molar-refractivity contribution in [2.24, 2.45) is 0 Å². The number of nitrogens with zero attached hydrogens (tertiary/aromatic N) is 4. The molecule has 126 valence electrons. The highest BCUT2D eigenvalue weighted by molar-refractivity contribution is 5.82. The summed E-state index contributed by atoms with van der Waals surface area (Å²) in [5, 5.41) is 11.3. The van der Waals surface area contributed by atoms with Crippen molar-refractivity contribution in [3.63, 3.8) is 0 Å². The molecule has 0 unspecified atom stereocenters. The summed E-state index contributed by atoms with van der Waals surface area (Å²) in [5.41, 5.74) is 4.00. The summed E-state index contributed by atoms with van der Waals surface area (Å²) in [6, 6.07) is 13.9. The third-order valence-electron chi connectivity index (χ3n) is 3.77. The van der Waals surface area contributed by atoms with Gasteiger partial charge in [-0.2, -0.15) is 5.10 Å². The molecule has 0 saturated heterocycles. The van der Waals surface area contributed by atoms with Crippen molar-refractivity contribution in [3.05, 3.63) is 72.4 Å². The van der Waals surface area contributed by atoms with Crippen LogP contribution in [0, 0.1) is 0 Å². The van der Waals surface area contributed by atoms with Crippen molar-refractivity contribution in [2.75, 3.05) is 5.32 Å². The van der Waals surface area contributed by atoms with E-state index < -0.39 is 0 Å². The molecule has 0 fully saturated rings. The molecule has 1 aromatic carbocycles. The Morgan fingerprint density at radius 2 is 1.84 bits per heavy atom. The summed E-state index contributed by atoms with van der Waals surface area (Å²) in [6.07, 6.45) is 7.08. The zero-order chi connectivity index (χ0) is 16.2. The number of fused-ring (bicyclic) bond motifs is 1. The van der Waals surface area contributed by atoms with Gasteiger partial charge in [-0.1, -0.05) is 6.07 Å². The first-order valence-corrected chi connectivity index (χ1v) is 7.79. The fourth-order valence-electron chi connectivity index (χ4n) is 2.55. The number of aryl methyl sites for hydroxylation is 2. The highest BCUT2D eigenvalue weighted by Crippen LogP contribution is 2.19. The lowest BCUT2D eigenvalue weighted by Crippen LogP contribution is -2.01. The fourth-order valence-corrected chi connectivity index (χ4v) is 2.55. The number of H-pyrrole nitrogens is 1. The average Bonchev–Trinajstić information content (AvgIpc) is 3.09. The Morgan fingerprint density at radius 1 is 0.920 bits per heavy atom. The summed E-state index contributed by atoms with van der Waals surface area (Å²) in [7, 11) is 0. The van der Waals surface area contributed by atoms with Gasteiger partial charge >= 0.3 is 0 Å².